The van der Waals surface area contributed by atoms with E-state index in [1.54, 1.807) is 31.2 Å². The second-order valence-electron chi connectivity index (χ2n) is 7.52. The zero-order chi connectivity index (χ0) is 25.3. The number of nitrogens with zero attached hydrogens (tertiary/aromatic N) is 3. The van der Waals surface area contributed by atoms with E-state index in [2.05, 4.69) is 10.2 Å². The van der Waals surface area contributed by atoms with E-state index < -0.39 is 36.6 Å². The predicted octanol–water partition coefficient (Wildman–Crippen LogP) is 5.07. The monoisotopic (exact) mass is 511 g/mol. The molecule has 12 heteroatoms. The average molecular weight is 512 g/mol. The van der Waals surface area contributed by atoms with Crippen LogP contribution in [-0.2, 0) is 20.4 Å². The average Bonchev–Trinajstić information content (AvgIpc) is 3.23. The van der Waals surface area contributed by atoms with Gasteiger partial charge in [-0.25, -0.2) is 0 Å². The van der Waals surface area contributed by atoms with Crippen molar-refractivity contribution in [2.45, 2.75) is 31.7 Å². The van der Waals surface area contributed by atoms with Gasteiger partial charge in [-0.05, 0) is 31.2 Å². The van der Waals surface area contributed by atoms with Crippen LogP contribution < -0.4 is 9.47 Å². The summed E-state index contributed by atoms with van der Waals surface area (Å²) in [5, 5.41) is 7.36. The van der Waals surface area contributed by atoms with Gasteiger partial charge in [-0.1, -0.05) is 23.7 Å². The van der Waals surface area contributed by atoms with E-state index in [1.807, 2.05) is 0 Å². The van der Waals surface area contributed by atoms with Crippen LogP contribution in [0.1, 0.15) is 48.3 Å². The number of halogens is 4. The zero-order valence-electron chi connectivity index (χ0n) is 18.9. The van der Waals surface area contributed by atoms with Crippen molar-refractivity contribution in [2.75, 3.05) is 20.8 Å². The van der Waals surface area contributed by atoms with Gasteiger partial charge in [0.05, 0.1) is 38.0 Å². The molecule has 0 saturated heterocycles. The minimum Gasteiger partial charge on any atom is -0.497 e. The molecule has 0 saturated carbocycles. The third kappa shape index (κ3) is 4.65. The molecule has 4 rings (SSSR count). The molecule has 2 atom stereocenters. The number of ether oxygens (including phenoxy) is 4. The van der Waals surface area contributed by atoms with Gasteiger partial charge in [-0.3, -0.25) is 9.36 Å². The number of esters is 1. The van der Waals surface area contributed by atoms with Crippen molar-refractivity contribution in [3.8, 4) is 17.2 Å². The summed E-state index contributed by atoms with van der Waals surface area (Å²) in [5.41, 5.74) is 0.826. The van der Waals surface area contributed by atoms with Gasteiger partial charge in [-0.2, -0.15) is 13.2 Å². The standard InChI is InChI=1S/C23H21ClF3N3O5/c1-4-34-18(31)11-17-21-28-29-22(23(25,26)27)30(21)15-9-8-12(32-2)10-14(15)20(35-17)13-6-5-7-16(33-3)19(13)24/h5-10,17,20H,4,11H2,1-3H3. The molecule has 1 aliphatic heterocycles. The molecule has 2 unspecified atom stereocenters. The second-order valence-corrected chi connectivity index (χ2v) is 7.90. The molecular formula is C23H21ClF3N3O5. The van der Waals surface area contributed by atoms with Gasteiger partial charge in [0.1, 0.15) is 23.7 Å². The van der Waals surface area contributed by atoms with Gasteiger partial charge >= 0.3 is 12.1 Å². The van der Waals surface area contributed by atoms with Crippen LogP contribution in [0.4, 0.5) is 13.2 Å². The third-order valence-corrected chi connectivity index (χ3v) is 5.85. The van der Waals surface area contributed by atoms with Crippen LogP contribution >= 0.6 is 11.6 Å². The first-order valence-electron chi connectivity index (χ1n) is 10.5. The lowest BCUT2D eigenvalue weighted by molar-refractivity contribution is -0.147. The molecule has 35 heavy (non-hydrogen) atoms. The Morgan fingerprint density at radius 2 is 1.91 bits per heavy atom. The number of carbonyl (C=O) groups excluding carboxylic acids is 1. The van der Waals surface area contributed by atoms with Crippen LogP contribution in [0.25, 0.3) is 5.69 Å². The van der Waals surface area contributed by atoms with Crippen LogP contribution in [0, 0.1) is 0 Å². The molecule has 2 aromatic carbocycles. The molecule has 0 aliphatic carbocycles. The highest BCUT2D eigenvalue weighted by molar-refractivity contribution is 6.32. The fraction of sp³-hybridized carbons (Fsp3) is 0.348. The molecule has 0 radical (unpaired) electrons. The lowest BCUT2D eigenvalue weighted by Crippen LogP contribution is -2.18. The van der Waals surface area contributed by atoms with E-state index in [0.717, 1.165) is 4.57 Å². The molecule has 0 amide bonds. The van der Waals surface area contributed by atoms with Crippen molar-refractivity contribution in [2.24, 2.45) is 0 Å². The molecule has 8 nitrogen and oxygen atoms in total. The maximum Gasteiger partial charge on any atom is 0.452 e. The largest absolute Gasteiger partial charge is 0.497 e. The van der Waals surface area contributed by atoms with Crippen LogP contribution in [0.5, 0.6) is 11.5 Å². The summed E-state index contributed by atoms with van der Waals surface area (Å²) in [6.45, 7) is 1.71. The Morgan fingerprint density at radius 3 is 2.57 bits per heavy atom. The smallest absolute Gasteiger partial charge is 0.452 e. The lowest BCUT2D eigenvalue weighted by atomic mass is 9.98. The van der Waals surface area contributed by atoms with E-state index in [0.29, 0.717) is 22.6 Å². The maximum atomic E-state index is 14.0. The Kier molecular flexibility index (Phi) is 6.91. The number of alkyl halides is 3. The molecule has 0 fully saturated rings. The molecule has 3 aromatic rings. The van der Waals surface area contributed by atoms with Crippen LogP contribution in [-0.4, -0.2) is 41.6 Å². The SMILES string of the molecule is CCOC(=O)CC1OC(c2cccc(OC)c2Cl)c2cc(OC)ccc2-n2c1nnc2C(F)(F)F. The summed E-state index contributed by atoms with van der Waals surface area (Å²) >= 11 is 6.59. The predicted molar refractivity (Wildman–Crippen MR) is 118 cm³/mol. The Balaban J connectivity index is 2.00. The minimum atomic E-state index is -4.83. The molecule has 1 aliphatic rings. The normalized spacial score (nSPS) is 17.2. The molecular weight excluding hydrogens is 491 g/mol. The summed E-state index contributed by atoms with van der Waals surface area (Å²) in [7, 11) is 2.87. The van der Waals surface area contributed by atoms with E-state index in [-0.39, 0.29) is 23.1 Å². The highest BCUT2D eigenvalue weighted by atomic mass is 35.5. The molecule has 0 N–H and O–H groups in total. The zero-order valence-corrected chi connectivity index (χ0v) is 19.7. The molecule has 186 valence electrons. The summed E-state index contributed by atoms with van der Waals surface area (Å²) in [6.07, 6.45) is -7.47. The fourth-order valence-electron chi connectivity index (χ4n) is 3.94. The van der Waals surface area contributed by atoms with Crippen molar-refractivity contribution >= 4 is 17.6 Å². The number of hydrogen-bond acceptors (Lipinski definition) is 7. The Bertz CT molecular complexity index is 1250. The lowest BCUT2D eigenvalue weighted by Gasteiger charge is -2.24. The third-order valence-electron chi connectivity index (χ3n) is 5.44. The van der Waals surface area contributed by atoms with Gasteiger partial charge in [0, 0.05) is 11.1 Å². The number of hydrogen-bond donors (Lipinski definition) is 0. The number of fused-ring (bicyclic) bond motifs is 3. The fourth-order valence-corrected chi connectivity index (χ4v) is 4.24. The summed E-state index contributed by atoms with van der Waals surface area (Å²) in [5.74, 6) is -1.39. The van der Waals surface area contributed by atoms with Gasteiger partial charge in [0.2, 0.25) is 5.82 Å². The quantitative estimate of drug-likeness (QED) is 0.427. The highest BCUT2D eigenvalue weighted by Gasteiger charge is 2.43. The van der Waals surface area contributed by atoms with E-state index in [1.165, 1.54) is 26.4 Å². The first kappa shape index (κ1) is 24.8. The number of aromatic nitrogens is 3. The van der Waals surface area contributed by atoms with E-state index in [4.69, 9.17) is 30.5 Å². The molecule has 0 bridgehead atoms. The Morgan fingerprint density at radius 1 is 1.14 bits per heavy atom. The van der Waals surface area contributed by atoms with Crippen molar-refractivity contribution in [3.63, 3.8) is 0 Å². The first-order valence-corrected chi connectivity index (χ1v) is 10.9. The van der Waals surface area contributed by atoms with Crippen LogP contribution in [0.15, 0.2) is 36.4 Å². The number of rotatable bonds is 6. The van der Waals surface area contributed by atoms with Crippen molar-refractivity contribution < 1.29 is 36.9 Å². The second kappa shape index (κ2) is 9.74. The topological polar surface area (TPSA) is 84.7 Å². The van der Waals surface area contributed by atoms with Gasteiger partial charge in [-0.15, -0.1) is 10.2 Å². The van der Waals surface area contributed by atoms with E-state index in [9.17, 15) is 18.0 Å². The van der Waals surface area contributed by atoms with Crippen molar-refractivity contribution in [1.82, 2.24) is 14.8 Å². The maximum absolute atomic E-state index is 14.0. The Hall–Kier alpha value is -3.31. The molecule has 2 heterocycles. The van der Waals surface area contributed by atoms with Gasteiger partial charge in [0.25, 0.3) is 0 Å². The Labute approximate surface area is 203 Å². The minimum absolute atomic E-state index is 0.0919. The van der Waals surface area contributed by atoms with Crippen LogP contribution in [0.3, 0.4) is 0 Å². The highest BCUT2D eigenvalue weighted by Crippen LogP contribution is 2.46. The van der Waals surface area contributed by atoms with Crippen molar-refractivity contribution in [3.05, 3.63) is 64.2 Å². The summed E-state index contributed by atoms with van der Waals surface area (Å²) < 4.78 is 64.7. The van der Waals surface area contributed by atoms with Gasteiger partial charge in [0.15, 0.2) is 5.82 Å². The molecule has 1 aromatic heterocycles. The van der Waals surface area contributed by atoms with Gasteiger partial charge < -0.3 is 18.9 Å². The number of benzene rings is 2. The number of carbonyl (C=O) groups is 1. The molecule has 0 spiro atoms. The van der Waals surface area contributed by atoms with Crippen LogP contribution in [0.2, 0.25) is 5.02 Å². The van der Waals surface area contributed by atoms with E-state index >= 15 is 0 Å². The first-order chi connectivity index (χ1) is 16.7. The summed E-state index contributed by atoms with van der Waals surface area (Å²) in [6, 6.07) is 9.49. The summed E-state index contributed by atoms with van der Waals surface area (Å²) in [4.78, 5) is 12.4. The number of methoxy groups -OCH3 is 2. The van der Waals surface area contributed by atoms with Crippen molar-refractivity contribution in [1.29, 1.82) is 0 Å².